The van der Waals surface area contributed by atoms with Gasteiger partial charge >= 0.3 is 0 Å². The van der Waals surface area contributed by atoms with Gasteiger partial charge in [0.05, 0.1) is 16.6 Å². The van der Waals surface area contributed by atoms with Crippen LogP contribution in [0.3, 0.4) is 0 Å². The van der Waals surface area contributed by atoms with E-state index in [9.17, 15) is 9.18 Å². The minimum atomic E-state index is -0.461. The van der Waals surface area contributed by atoms with E-state index in [0.29, 0.717) is 33.9 Å². The van der Waals surface area contributed by atoms with Crippen LogP contribution in [-0.2, 0) is 13.2 Å². The molecule has 0 atom stereocenters. The Bertz CT molecular complexity index is 1230. The molecule has 0 aliphatic carbocycles. The van der Waals surface area contributed by atoms with Gasteiger partial charge in [-0.05, 0) is 59.6 Å². The summed E-state index contributed by atoms with van der Waals surface area (Å²) in [7, 11) is 0. The van der Waals surface area contributed by atoms with Crippen molar-refractivity contribution in [3.63, 3.8) is 0 Å². The number of ether oxygens (including phenoxy) is 1. The highest BCUT2D eigenvalue weighted by atomic mass is 79.9. The number of nitrogens with zero attached hydrogens (tertiary/aromatic N) is 3. The van der Waals surface area contributed by atoms with E-state index in [4.69, 9.17) is 9.26 Å². The molecule has 0 unspecified atom stereocenters. The topological polar surface area (TPSA) is 82.2 Å². The SMILES string of the molecule is Cc1ccc(OCc2c(C(=O)Nc3nn(Cc4ccc(F)cc4)cc3Br)noc2C)cc1. The Balaban J connectivity index is 1.45. The van der Waals surface area contributed by atoms with Crippen molar-refractivity contribution in [2.75, 3.05) is 5.32 Å². The van der Waals surface area contributed by atoms with Crippen LogP contribution in [-0.4, -0.2) is 20.8 Å². The molecule has 2 aromatic heterocycles. The summed E-state index contributed by atoms with van der Waals surface area (Å²) in [5.41, 5.74) is 2.70. The van der Waals surface area contributed by atoms with Crippen LogP contribution in [0.25, 0.3) is 0 Å². The lowest BCUT2D eigenvalue weighted by Crippen LogP contribution is -2.16. The van der Waals surface area contributed by atoms with E-state index >= 15 is 0 Å². The van der Waals surface area contributed by atoms with Gasteiger partial charge in [0.1, 0.15) is 23.9 Å². The number of halogens is 2. The number of aromatic nitrogens is 3. The number of aryl methyl sites for hydroxylation is 2. The molecule has 1 amide bonds. The van der Waals surface area contributed by atoms with Crippen molar-refractivity contribution in [3.05, 3.63) is 93.2 Å². The Kier molecular flexibility index (Phi) is 6.36. The summed E-state index contributed by atoms with van der Waals surface area (Å²) >= 11 is 3.41. The number of hydrogen-bond donors (Lipinski definition) is 1. The first-order valence-corrected chi connectivity index (χ1v) is 10.6. The molecular formula is C23H20BrFN4O3. The summed E-state index contributed by atoms with van der Waals surface area (Å²) < 4.78 is 26.4. The van der Waals surface area contributed by atoms with Crippen LogP contribution in [0.15, 0.2) is 63.7 Å². The standard InChI is InChI=1S/C23H20BrFN4O3/c1-14-3-9-18(10-4-14)31-13-19-15(2)32-28-21(19)23(30)26-22-20(24)12-29(27-22)11-16-5-7-17(25)8-6-16/h3-10,12H,11,13H2,1-2H3,(H,26,27,30). The third-order valence-corrected chi connectivity index (χ3v) is 5.39. The van der Waals surface area contributed by atoms with Crippen molar-refractivity contribution in [2.45, 2.75) is 27.0 Å². The normalized spacial score (nSPS) is 10.9. The van der Waals surface area contributed by atoms with E-state index in [1.807, 2.05) is 31.2 Å². The number of amides is 1. The van der Waals surface area contributed by atoms with Crippen LogP contribution in [0.5, 0.6) is 5.75 Å². The third-order valence-electron chi connectivity index (χ3n) is 4.81. The molecule has 0 saturated carbocycles. The zero-order valence-electron chi connectivity index (χ0n) is 17.4. The largest absolute Gasteiger partial charge is 0.489 e. The van der Waals surface area contributed by atoms with E-state index in [1.54, 1.807) is 29.9 Å². The number of carbonyl (C=O) groups excluding carboxylic acids is 1. The maximum absolute atomic E-state index is 13.1. The van der Waals surface area contributed by atoms with Crippen molar-refractivity contribution in [2.24, 2.45) is 0 Å². The number of anilines is 1. The van der Waals surface area contributed by atoms with Gasteiger partial charge in [-0.15, -0.1) is 0 Å². The molecule has 0 spiro atoms. The predicted octanol–water partition coefficient (Wildman–Crippen LogP) is 5.27. The zero-order valence-corrected chi connectivity index (χ0v) is 19.0. The fourth-order valence-corrected chi connectivity index (χ4v) is 3.45. The minimum absolute atomic E-state index is 0.134. The highest BCUT2D eigenvalue weighted by molar-refractivity contribution is 9.10. The molecule has 1 N–H and O–H groups in total. The molecule has 0 saturated heterocycles. The first-order valence-electron chi connectivity index (χ1n) is 9.82. The summed E-state index contributed by atoms with van der Waals surface area (Å²) in [5, 5.41) is 11.0. The van der Waals surface area contributed by atoms with Gasteiger partial charge in [0.25, 0.3) is 5.91 Å². The Hall–Kier alpha value is -3.46. The molecule has 9 heteroatoms. The Labute approximate surface area is 192 Å². The monoisotopic (exact) mass is 498 g/mol. The van der Waals surface area contributed by atoms with E-state index in [2.05, 4.69) is 31.5 Å². The lowest BCUT2D eigenvalue weighted by molar-refractivity contribution is 0.101. The van der Waals surface area contributed by atoms with Gasteiger partial charge in [-0.2, -0.15) is 5.10 Å². The molecule has 0 bridgehead atoms. The number of hydrogen-bond acceptors (Lipinski definition) is 5. The molecule has 0 fully saturated rings. The van der Waals surface area contributed by atoms with Gasteiger partial charge in [-0.25, -0.2) is 4.39 Å². The second-order valence-electron chi connectivity index (χ2n) is 7.27. The summed E-state index contributed by atoms with van der Waals surface area (Å²) in [5.74, 6) is 0.765. The highest BCUT2D eigenvalue weighted by Crippen LogP contribution is 2.23. The van der Waals surface area contributed by atoms with E-state index in [-0.39, 0.29) is 18.1 Å². The van der Waals surface area contributed by atoms with Gasteiger partial charge in [0.15, 0.2) is 11.5 Å². The van der Waals surface area contributed by atoms with Gasteiger partial charge < -0.3 is 14.6 Å². The molecule has 0 aliphatic heterocycles. The van der Waals surface area contributed by atoms with Crippen LogP contribution in [0, 0.1) is 19.7 Å². The van der Waals surface area contributed by atoms with Gasteiger partial charge in [-0.3, -0.25) is 9.48 Å². The van der Waals surface area contributed by atoms with Crippen molar-refractivity contribution in [1.29, 1.82) is 0 Å². The summed E-state index contributed by atoms with van der Waals surface area (Å²) in [6.45, 7) is 4.29. The quantitative estimate of drug-likeness (QED) is 0.375. The summed E-state index contributed by atoms with van der Waals surface area (Å²) in [6.07, 6.45) is 1.73. The zero-order chi connectivity index (χ0) is 22.7. The van der Waals surface area contributed by atoms with Crippen molar-refractivity contribution in [1.82, 2.24) is 14.9 Å². The van der Waals surface area contributed by atoms with Crippen molar-refractivity contribution < 1.29 is 18.4 Å². The van der Waals surface area contributed by atoms with Gasteiger partial charge in [0, 0.05) is 6.20 Å². The molecule has 4 rings (SSSR count). The molecular weight excluding hydrogens is 479 g/mol. The minimum Gasteiger partial charge on any atom is -0.489 e. The summed E-state index contributed by atoms with van der Waals surface area (Å²) in [6, 6.07) is 13.8. The molecule has 4 aromatic rings. The van der Waals surface area contributed by atoms with Crippen LogP contribution >= 0.6 is 15.9 Å². The van der Waals surface area contributed by atoms with Gasteiger partial charge in [-0.1, -0.05) is 35.0 Å². The lowest BCUT2D eigenvalue weighted by Gasteiger charge is -2.07. The summed E-state index contributed by atoms with van der Waals surface area (Å²) in [4.78, 5) is 12.9. The molecule has 32 heavy (non-hydrogen) atoms. The Morgan fingerprint density at radius 1 is 1.16 bits per heavy atom. The fourth-order valence-electron chi connectivity index (χ4n) is 3.04. The second kappa shape index (κ2) is 9.35. The number of nitrogens with one attached hydrogen (secondary N) is 1. The predicted molar refractivity (Wildman–Crippen MR) is 120 cm³/mol. The van der Waals surface area contributed by atoms with Crippen LogP contribution in [0.4, 0.5) is 10.2 Å². The molecule has 164 valence electrons. The lowest BCUT2D eigenvalue weighted by atomic mass is 10.2. The smallest absolute Gasteiger partial charge is 0.279 e. The van der Waals surface area contributed by atoms with Crippen LogP contribution in [0.2, 0.25) is 0 Å². The van der Waals surface area contributed by atoms with E-state index < -0.39 is 5.91 Å². The molecule has 2 heterocycles. The number of benzene rings is 2. The Morgan fingerprint density at radius 2 is 1.88 bits per heavy atom. The van der Waals surface area contributed by atoms with Crippen molar-refractivity contribution >= 4 is 27.7 Å². The van der Waals surface area contributed by atoms with Crippen LogP contribution < -0.4 is 10.1 Å². The molecule has 0 aliphatic rings. The van der Waals surface area contributed by atoms with Crippen molar-refractivity contribution in [3.8, 4) is 5.75 Å². The highest BCUT2D eigenvalue weighted by Gasteiger charge is 2.22. The maximum atomic E-state index is 13.1. The average Bonchev–Trinajstić information content (AvgIpc) is 3.31. The molecule has 0 radical (unpaired) electrons. The maximum Gasteiger partial charge on any atom is 0.279 e. The van der Waals surface area contributed by atoms with Crippen LogP contribution in [0.1, 0.15) is 32.9 Å². The first-order chi connectivity index (χ1) is 15.4. The van der Waals surface area contributed by atoms with E-state index in [0.717, 1.165) is 11.1 Å². The first kappa shape index (κ1) is 21.8. The second-order valence-corrected chi connectivity index (χ2v) is 8.13. The Morgan fingerprint density at radius 3 is 2.59 bits per heavy atom. The van der Waals surface area contributed by atoms with E-state index in [1.165, 1.54) is 12.1 Å². The van der Waals surface area contributed by atoms with Gasteiger partial charge in [0.2, 0.25) is 0 Å². The fraction of sp³-hybridized carbons (Fsp3) is 0.174. The third kappa shape index (κ3) is 5.05. The molecule has 2 aromatic carbocycles. The number of carbonyl (C=O) groups is 1. The molecule has 7 nitrogen and oxygen atoms in total. The average molecular weight is 499 g/mol. The number of rotatable bonds is 7.